The summed E-state index contributed by atoms with van der Waals surface area (Å²) in [5.41, 5.74) is 2.99. The topological polar surface area (TPSA) is 21.3 Å². The fourth-order valence-electron chi connectivity index (χ4n) is 3.00. The molecule has 0 radical (unpaired) electrons. The third kappa shape index (κ3) is 3.92. The number of methoxy groups -OCH3 is 1. The van der Waals surface area contributed by atoms with Crippen molar-refractivity contribution < 1.29 is 4.74 Å². The third-order valence-electron chi connectivity index (χ3n) is 3.95. The van der Waals surface area contributed by atoms with Crippen LogP contribution in [0.1, 0.15) is 44.4 Å². The molecule has 20 heavy (non-hydrogen) atoms. The van der Waals surface area contributed by atoms with Crippen molar-refractivity contribution in [2.45, 2.75) is 46.2 Å². The van der Waals surface area contributed by atoms with Crippen LogP contribution in [0.2, 0.25) is 0 Å². The summed E-state index contributed by atoms with van der Waals surface area (Å²) in [6.45, 7) is 9.11. The van der Waals surface area contributed by atoms with Gasteiger partial charge in [-0.25, -0.2) is 0 Å². The van der Waals surface area contributed by atoms with Crippen LogP contribution >= 0.6 is 11.8 Å². The molecule has 1 aliphatic heterocycles. The Labute approximate surface area is 127 Å². The van der Waals surface area contributed by atoms with Crippen molar-refractivity contribution in [3.63, 3.8) is 0 Å². The zero-order chi connectivity index (χ0) is 14.8. The van der Waals surface area contributed by atoms with Crippen LogP contribution in [0.5, 0.6) is 5.75 Å². The van der Waals surface area contributed by atoms with E-state index in [0.717, 1.165) is 5.75 Å². The molecule has 0 amide bonds. The Morgan fingerprint density at radius 1 is 1.40 bits per heavy atom. The van der Waals surface area contributed by atoms with E-state index in [1.165, 1.54) is 29.1 Å². The minimum absolute atomic E-state index is 0.323. The van der Waals surface area contributed by atoms with Crippen molar-refractivity contribution in [3.05, 3.63) is 29.3 Å². The Morgan fingerprint density at radius 3 is 2.80 bits per heavy atom. The van der Waals surface area contributed by atoms with Crippen molar-refractivity contribution in [1.82, 2.24) is 5.32 Å². The molecule has 0 spiro atoms. The standard InChI is InChI=1S/C17H27NOS/c1-12-6-7-16(19-5)15(8-12)13(2)18-14-9-17(3,4)11-20-10-14/h6-8,13-14,18H,9-11H2,1-5H3. The molecule has 2 nitrogen and oxygen atoms in total. The van der Waals surface area contributed by atoms with E-state index in [9.17, 15) is 0 Å². The molecule has 1 saturated heterocycles. The van der Waals surface area contributed by atoms with Crippen LogP contribution in [-0.2, 0) is 0 Å². The molecule has 2 unspecified atom stereocenters. The number of hydrogen-bond donors (Lipinski definition) is 1. The highest BCUT2D eigenvalue weighted by Gasteiger charge is 2.29. The second-order valence-electron chi connectivity index (χ2n) is 6.71. The number of hydrogen-bond acceptors (Lipinski definition) is 3. The summed E-state index contributed by atoms with van der Waals surface area (Å²) < 4.78 is 5.51. The second kappa shape index (κ2) is 6.40. The molecule has 2 atom stereocenters. The van der Waals surface area contributed by atoms with E-state index >= 15 is 0 Å². The Kier molecular flexibility index (Phi) is 5.03. The van der Waals surface area contributed by atoms with E-state index in [2.05, 4.69) is 63.0 Å². The molecule has 0 bridgehead atoms. The number of nitrogens with one attached hydrogen (secondary N) is 1. The normalized spacial score (nSPS) is 23.4. The largest absolute Gasteiger partial charge is 0.496 e. The van der Waals surface area contributed by atoms with Crippen molar-refractivity contribution in [2.75, 3.05) is 18.6 Å². The number of ether oxygens (including phenoxy) is 1. The van der Waals surface area contributed by atoms with Gasteiger partial charge in [-0.1, -0.05) is 31.5 Å². The van der Waals surface area contributed by atoms with Gasteiger partial charge in [0.25, 0.3) is 0 Å². The fourth-order valence-corrected chi connectivity index (χ4v) is 4.29. The maximum absolute atomic E-state index is 5.51. The lowest BCUT2D eigenvalue weighted by Gasteiger charge is -2.36. The highest BCUT2D eigenvalue weighted by Crippen LogP contribution is 2.35. The lowest BCUT2D eigenvalue weighted by Crippen LogP contribution is -2.41. The van der Waals surface area contributed by atoms with Crippen molar-refractivity contribution >= 4 is 11.8 Å². The Hall–Kier alpha value is -0.670. The molecule has 0 saturated carbocycles. The van der Waals surface area contributed by atoms with E-state index in [1.54, 1.807) is 7.11 Å². The van der Waals surface area contributed by atoms with Gasteiger partial charge in [0.05, 0.1) is 7.11 Å². The zero-order valence-corrected chi connectivity index (χ0v) is 14.1. The highest BCUT2D eigenvalue weighted by atomic mass is 32.2. The van der Waals surface area contributed by atoms with Gasteiger partial charge in [0.2, 0.25) is 0 Å². The Bertz CT molecular complexity index is 458. The maximum Gasteiger partial charge on any atom is 0.123 e. The van der Waals surface area contributed by atoms with Gasteiger partial charge >= 0.3 is 0 Å². The zero-order valence-electron chi connectivity index (χ0n) is 13.3. The van der Waals surface area contributed by atoms with Crippen molar-refractivity contribution in [3.8, 4) is 5.75 Å². The van der Waals surface area contributed by atoms with Crippen LogP contribution in [0.4, 0.5) is 0 Å². The van der Waals surface area contributed by atoms with Gasteiger partial charge in [-0.05, 0) is 37.5 Å². The minimum Gasteiger partial charge on any atom is -0.496 e. The number of benzene rings is 1. The summed E-state index contributed by atoms with van der Waals surface area (Å²) in [7, 11) is 1.75. The molecule has 1 aromatic rings. The van der Waals surface area contributed by atoms with Crippen molar-refractivity contribution in [1.29, 1.82) is 0 Å². The Balaban J connectivity index is 2.08. The molecule has 112 valence electrons. The molecule has 2 rings (SSSR count). The summed E-state index contributed by atoms with van der Waals surface area (Å²) in [4.78, 5) is 0. The van der Waals surface area contributed by atoms with Gasteiger partial charge in [0, 0.05) is 23.4 Å². The maximum atomic E-state index is 5.51. The summed E-state index contributed by atoms with van der Waals surface area (Å²) in [6, 6.07) is 7.32. The summed E-state index contributed by atoms with van der Waals surface area (Å²) >= 11 is 2.07. The second-order valence-corrected chi connectivity index (χ2v) is 7.74. The number of rotatable bonds is 4. The van der Waals surface area contributed by atoms with Crippen LogP contribution in [-0.4, -0.2) is 24.7 Å². The van der Waals surface area contributed by atoms with Crippen molar-refractivity contribution in [2.24, 2.45) is 5.41 Å². The lowest BCUT2D eigenvalue weighted by atomic mass is 9.87. The molecule has 1 fully saturated rings. The van der Waals surface area contributed by atoms with E-state index < -0.39 is 0 Å². The number of thioether (sulfide) groups is 1. The molecule has 0 aliphatic carbocycles. The first-order valence-electron chi connectivity index (χ1n) is 7.39. The van der Waals surface area contributed by atoms with Crippen LogP contribution < -0.4 is 10.1 Å². The average molecular weight is 293 g/mol. The van der Waals surface area contributed by atoms with Crippen LogP contribution in [0.3, 0.4) is 0 Å². The van der Waals surface area contributed by atoms with Gasteiger partial charge in [0.1, 0.15) is 5.75 Å². The molecular weight excluding hydrogens is 266 g/mol. The molecule has 1 N–H and O–H groups in total. The van der Waals surface area contributed by atoms with E-state index in [4.69, 9.17) is 4.74 Å². The van der Waals surface area contributed by atoms with Crippen LogP contribution in [0.15, 0.2) is 18.2 Å². The van der Waals surface area contributed by atoms with Crippen LogP contribution in [0.25, 0.3) is 0 Å². The SMILES string of the molecule is COc1ccc(C)cc1C(C)NC1CSCC(C)(C)C1. The third-order valence-corrected chi connectivity index (χ3v) is 5.57. The molecule has 1 aromatic carbocycles. The Morgan fingerprint density at radius 2 is 2.15 bits per heavy atom. The number of aryl methyl sites for hydroxylation is 1. The molecule has 3 heteroatoms. The first-order valence-corrected chi connectivity index (χ1v) is 8.55. The molecule has 1 aliphatic rings. The van der Waals surface area contributed by atoms with E-state index in [0.29, 0.717) is 17.5 Å². The average Bonchev–Trinajstić information content (AvgIpc) is 2.37. The van der Waals surface area contributed by atoms with Gasteiger partial charge in [-0.15, -0.1) is 0 Å². The quantitative estimate of drug-likeness (QED) is 0.899. The summed E-state index contributed by atoms with van der Waals surface area (Å²) in [5.74, 6) is 3.47. The molecule has 0 aromatic heterocycles. The first kappa shape index (κ1) is 15.7. The summed E-state index contributed by atoms with van der Waals surface area (Å²) in [5, 5.41) is 3.79. The van der Waals surface area contributed by atoms with Gasteiger partial charge < -0.3 is 10.1 Å². The predicted molar refractivity (Wildman–Crippen MR) is 88.8 cm³/mol. The smallest absolute Gasteiger partial charge is 0.123 e. The first-order chi connectivity index (χ1) is 9.41. The van der Waals surface area contributed by atoms with E-state index in [-0.39, 0.29) is 0 Å². The fraction of sp³-hybridized carbons (Fsp3) is 0.647. The lowest BCUT2D eigenvalue weighted by molar-refractivity contribution is 0.302. The predicted octanol–water partition coefficient (Wildman–Crippen LogP) is 4.19. The van der Waals surface area contributed by atoms with Gasteiger partial charge in [0.15, 0.2) is 0 Å². The summed E-state index contributed by atoms with van der Waals surface area (Å²) in [6.07, 6.45) is 1.25. The minimum atomic E-state index is 0.323. The molecule has 1 heterocycles. The van der Waals surface area contributed by atoms with E-state index in [1.807, 2.05) is 0 Å². The van der Waals surface area contributed by atoms with Gasteiger partial charge in [-0.3, -0.25) is 0 Å². The molecular formula is C17H27NOS. The monoisotopic (exact) mass is 293 g/mol. The van der Waals surface area contributed by atoms with Gasteiger partial charge in [-0.2, -0.15) is 11.8 Å². The highest BCUT2D eigenvalue weighted by molar-refractivity contribution is 7.99. The van der Waals surface area contributed by atoms with Crippen LogP contribution in [0, 0.1) is 12.3 Å².